The maximum atomic E-state index is 13.3. The zero-order chi connectivity index (χ0) is 21.5. The highest BCUT2D eigenvalue weighted by molar-refractivity contribution is 6.07. The molecule has 30 heavy (non-hydrogen) atoms. The zero-order valence-electron chi connectivity index (χ0n) is 18.1. The van der Waals surface area contributed by atoms with E-state index in [4.69, 9.17) is 20.2 Å². The Hall–Kier alpha value is -2.86. The number of guanidine groups is 1. The lowest BCUT2D eigenvalue weighted by Crippen LogP contribution is -2.45. The summed E-state index contributed by atoms with van der Waals surface area (Å²) in [7, 11) is 3.37. The summed E-state index contributed by atoms with van der Waals surface area (Å²) in [6.45, 7) is 4.83. The Morgan fingerprint density at radius 2 is 1.93 bits per heavy atom. The van der Waals surface area contributed by atoms with E-state index in [0.717, 1.165) is 29.5 Å². The lowest BCUT2D eigenvalue weighted by Gasteiger charge is -2.37. The molecule has 2 atom stereocenters. The van der Waals surface area contributed by atoms with Crippen molar-refractivity contribution in [3.8, 4) is 16.9 Å². The number of aliphatic imine (C=N–C) groups is 1. The smallest absolute Gasteiger partial charge is 0.261 e. The van der Waals surface area contributed by atoms with Crippen molar-refractivity contribution in [2.75, 3.05) is 20.8 Å². The molecule has 0 saturated carbocycles. The van der Waals surface area contributed by atoms with Gasteiger partial charge in [0.1, 0.15) is 11.9 Å². The number of rotatable bonds is 5. The van der Waals surface area contributed by atoms with Crippen LogP contribution < -0.4 is 10.5 Å². The van der Waals surface area contributed by atoms with Gasteiger partial charge in [-0.1, -0.05) is 35.4 Å². The van der Waals surface area contributed by atoms with Crippen molar-refractivity contribution in [1.29, 1.82) is 0 Å². The minimum Gasteiger partial charge on any atom is -0.490 e. The van der Waals surface area contributed by atoms with E-state index in [2.05, 4.69) is 38.1 Å². The van der Waals surface area contributed by atoms with Crippen molar-refractivity contribution in [3.05, 3.63) is 53.1 Å². The topological polar surface area (TPSA) is 77.2 Å². The van der Waals surface area contributed by atoms with Crippen LogP contribution in [0.25, 0.3) is 11.1 Å². The number of amides is 1. The molecule has 2 aliphatic heterocycles. The second-order valence-electron chi connectivity index (χ2n) is 8.36. The van der Waals surface area contributed by atoms with Gasteiger partial charge in [0, 0.05) is 32.7 Å². The number of benzene rings is 2. The van der Waals surface area contributed by atoms with Crippen LogP contribution in [0.5, 0.6) is 5.75 Å². The Bertz CT molecular complexity index is 997. The molecule has 0 fully saturated rings. The standard InChI is InChI=1S/C24H29N3O3/c1-15-10-16(2)12-18(11-15)17-7-8-21-20(13-17)24(22(28)27(3)23(25)26-24)14-19(30-21)6-5-9-29-4/h7-8,10-13,19H,5-6,9,14H2,1-4H3,(H2,25,26)/t19-,24-/m0/s1. The van der Waals surface area contributed by atoms with E-state index in [9.17, 15) is 4.79 Å². The van der Waals surface area contributed by atoms with Crippen LogP contribution >= 0.6 is 0 Å². The second-order valence-corrected chi connectivity index (χ2v) is 8.36. The van der Waals surface area contributed by atoms with E-state index >= 15 is 0 Å². The summed E-state index contributed by atoms with van der Waals surface area (Å²) in [5, 5.41) is 0. The van der Waals surface area contributed by atoms with Gasteiger partial charge in [-0.2, -0.15) is 0 Å². The zero-order valence-corrected chi connectivity index (χ0v) is 18.1. The Morgan fingerprint density at radius 3 is 2.57 bits per heavy atom. The second kappa shape index (κ2) is 7.76. The molecule has 2 aliphatic rings. The molecule has 2 aromatic rings. The van der Waals surface area contributed by atoms with Crippen LogP contribution in [0, 0.1) is 13.8 Å². The molecule has 0 aromatic heterocycles. The summed E-state index contributed by atoms with van der Waals surface area (Å²) in [5.74, 6) is 0.858. The van der Waals surface area contributed by atoms with Gasteiger partial charge in [-0.05, 0) is 49.9 Å². The van der Waals surface area contributed by atoms with Gasteiger partial charge in [0.05, 0.1) is 0 Å². The van der Waals surface area contributed by atoms with Gasteiger partial charge >= 0.3 is 0 Å². The van der Waals surface area contributed by atoms with Crippen LogP contribution in [0.3, 0.4) is 0 Å². The van der Waals surface area contributed by atoms with E-state index < -0.39 is 5.54 Å². The largest absolute Gasteiger partial charge is 0.490 e. The minimum absolute atomic E-state index is 0.0983. The van der Waals surface area contributed by atoms with Crippen molar-refractivity contribution >= 4 is 11.9 Å². The number of carbonyl (C=O) groups excluding carboxylic acids is 1. The van der Waals surface area contributed by atoms with Crippen LogP contribution in [0.1, 0.15) is 36.0 Å². The number of nitrogens with zero attached hydrogens (tertiary/aromatic N) is 2. The number of hydrogen-bond donors (Lipinski definition) is 1. The van der Waals surface area contributed by atoms with E-state index in [1.54, 1.807) is 14.2 Å². The fourth-order valence-corrected chi connectivity index (χ4v) is 4.56. The molecule has 0 unspecified atom stereocenters. The summed E-state index contributed by atoms with van der Waals surface area (Å²) >= 11 is 0. The lowest BCUT2D eigenvalue weighted by atomic mass is 9.79. The van der Waals surface area contributed by atoms with E-state index in [1.807, 2.05) is 12.1 Å². The summed E-state index contributed by atoms with van der Waals surface area (Å²) in [5.41, 5.74) is 10.4. The molecule has 4 rings (SSSR count). The maximum Gasteiger partial charge on any atom is 0.261 e. The molecule has 6 nitrogen and oxygen atoms in total. The van der Waals surface area contributed by atoms with Gasteiger partial charge in [0.25, 0.3) is 5.91 Å². The first kappa shape index (κ1) is 20.4. The number of likely N-dealkylation sites (N-methyl/N-ethyl adjacent to an activating group) is 1. The maximum absolute atomic E-state index is 13.3. The van der Waals surface area contributed by atoms with Crippen molar-refractivity contribution < 1.29 is 14.3 Å². The predicted molar refractivity (Wildman–Crippen MR) is 118 cm³/mol. The quantitative estimate of drug-likeness (QED) is 0.769. The summed E-state index contributed by atoms with van der Waals surface area (Å²) in [6.07, 6.45) is 2.01. The fraction of sp³-hybridized carbons (Fsp3) is 0.417. The SMILES string of the molecule is COCCC[C@H]1C[C@]2(N=C(N)N(C)C2=O)c2cc(-c3cc(C)cc(C)c3)ccc2O1. The number of ether oxygens (including phenoxy) is 2. The number of hydrogen-bond acceptors (Lipinski definition) is 5. The van der Waals surface area contributed by atoms with Crippen LogP contribution in [0.2, 0.25) is 0 Å². The van der Waals surface area contributed by atoms with Crippen molar-refractivity contribution in [2.24, 2.45) is 10.7 Å². The van der Waals surface area contributed by atoms with Gasteiger partial charge in [0.15, 0.2) is 11.5 Å². The van der Waals surface area contributed by atoms with Gasteiger partial charge in [-0.3, -0.25) is 9.69 Å². The lowest BCUT2D eigenvalue weighted by molar-refractivity contribution is -0.132. The molecule has 2 N–H and O–H groups in total. The number of aryl methyl sites for hydroxylation is 2. The van der Waals surface area contributed by atoms with Crippen LogP contribution in [-0.2, 0) is 15.1 Å². The molecular formula is C24H29N3O3. The molecule has 2 heterocycles. The predicted octanol–water partition coefficient (Wildman–Crippen LogP) is 3.53. The van der Waals surface area contributed by atoms with E-state index in [-0.39, 0.29) is 18.0 Å². The molecule has 6 heteroatoms. The number of fused-ring (bicyclic) bond motifs is 2. The Balaban J connectivity index is 1.80. The molecule has 158 valence electrons. The number of nitrogens with two attached hydrogens (primary N) is 1. The Morgan fingerprint density at radius 1 is 1.20 bits per heavy atom. The Labute approximate surface area is 177 Å². The Kier molecular flexibility index (Phi) is 5.28. The molecule has 0 saturated heterocycles. The third-order valence-corrected chi connectivity index (χ3v) is 5.98. The average Bonchev–Trinajstić information content (AvgIpc) is 2.91. The third kappa shape index (κ3) is 3.45. The molecular weight excluding hydrogens is 378 g/mol. The summed E-state index contributed by atoms with van der Waals surface area (Å²) in [6, 6.07) is 12.5. The molecule has 2 aromatic carbocycles. The van der Waals surface area contributed by atoms with Crippen molar-refractivity contribution in [3.63, 3.8) is 0 Å². The molecule has 0 bridgehead atoms. The highest BCUT2D eigenvalue weighted by Gasteiger charge is 2.53. The van der Waals surface area contributed by atoms with Crippen molar-refractivity contribution in [2.45, 2.75) is 44.8 Å². The highest BCUT2D eigenvalue weighted by Crippen LogP contribution is 2.47. The fourth-order valence-electron chi connectivity index (χ4n) is 4.56. The van der Waals surface area contributed by atoms with Crippen LogP contribution in [-0.4, -0.2) is 43.6 Å². The minimum atomic E-state index is -1.03. The van der Waals surface area contributed by atoms with Gasteiger partial charge < -0.3 is 15.2 Å². The van der Waals surface area contributed by atoms with Gasteiger partial charge in [-0.15, -0.1) is 0 Å². The summed E-state index contributed by atoms with van der Waals surface area (Å²) in [4.78, 5) is 19.5. The first-order chi connectivity index (χ1) is 14.3. The van der Waals surface area contributed by atoms with Gasteiger partial charge in [0.2, 0.25) is 0 Å². The molecule has 1 spiro atoms. The third-order valence-electron chi connectivity index (χ3n) is 5.98. The first-order valence-electron chi connectivity index (χ1n) is 10.4. The monoisotopic (exact) mass is 407 g/mol. The van der Waals surface area contributed by atoms with E-state index in [1.165, 1.54) is 16.0 Å². The first-order valence-corrected chi connectivity index (χ1v) is 10.4. The number of methoxy groups -OCH3 is 1. The van der Waals surface area contributed by atoms with Crippen LogP contribution in [0.4, 0.5) is 0 Å². The average molecular weight is 408 g/mol. The number of carbonyl (C=O) groups is 1. The van der Waals surface area contributed by atoms with Crippen LogP contribution in [0.15, 0.2) is 41.4 Å². The molecule has 0 aliphatic carbocycles. The normalized spacial score (nSPS) is 22.8. The summed E-state index contributed by atoms with van der Waals surface area (Å²) < 4.78 is 11.5. The molecule has 1 amide bonds. The molecule has 0 radical (unpaired) electrons. The highest BCUT2D eigenvalue weighted by atomic mass is 16.5. The van der Waals surface area contributed by atoms with Gasteiger partial charge in [-0.25, -0.2) is 4.99 Å². The van der Waals surface area contributed by atoms with E-state index in [0.29, 0.717) is 18.8 Å². The van der Waals surface area contributed by atoms with Crippen molar-refractivity contribution in [1.82, 2.24) is 4.90 Å².